The minimum Gasteiger partial charge on any atom is -0.756 e. The third kappa shape index (κ3) is 47.1. The van der Waals surface area contributed by atoms with Gasteiger partial charge in [0.1, 0.15) is 19.3 Å². The van der Waals surface area contributed by atoms with Crippen molar-refractivity contribution in [1.82, 2.24) is 0 Å². The molecule has 344 valence electrons. The summed E-state index contributed by atoms with van der Waals surface area (Å²) in [6, 6.07) is 0. The van der Waals surface area contributed by atoms with E-state index in [1.54, 1.807) is 0 Å². The van der Waals surface area contributed by atoms with Crippen molar-refractivity contribution in [3.63, 3.8) is 0 Å². The number of esters is 1. The highest BCUT2D eigenvalue weighted by atomic mass is 31.2. The van der Waals surface area contributed by atoms with E-state index in [1.807, 2.05) is 21.1 Å². The van der Waals surface area contributed by atoms with E-state index in [0.717, 1.165) is 64.2 Å². The van der Waals surface area contributed by atoms with Crippen LogP contribution in [0.4, 0.5) is 0 Å². The molecule has 0 aliphatic heterocycles. The normalized spacial score (nSPS) is 14.2. The van der Waals surface area contributed by atoms with Gasteiger partial charge in [0.15, 0.2) is 0 Å². The van der Waals surface area contributed by atoms with E-state index in [0.29, 0.717) is 24.1 Å². The first kappa shape index (κ1) is 57.2. The highest BCUT2D eigenvalue weighted by Crippen LogP contribution is 2.38. The average Bonchev–Trinajstić information content (AvgIpc) is 3.19. The van der Waals surface area contributed by atoms with Gasteiger partial charge < -0.3 is 27.9 Å². The molecule has 8 nitrogen and oxygen atoms in total. The summed E-state index contributed by atoms with van der Waals surface area (Å²) in [5.74, 6) is -0.338. The minimum atomic E-state index is -4.53. The van der Waals surface area contributed by atoms with E-state index in [1.165, 1.54) is 109 Å². The van der Waals surface area contributed by atoms with Gasteiger partial charge in [-0.05, 0) is 57.8 Å². The molecule has 0 saturated carbocycles. The van der Waals surface area contributed by atoms with Crippen LogP contribution in [0.25, 0.3) is 0 Å². The molecule has 0 amide bonds. The summed E-state index contributed by atoms with van der Waals surface area (Å²) < 4.78 is 34.6. The number of likely N-dealkylation sites (N-methyl/N-ethyl adjacent to an activating group) is 1. The molecule has 0 spiro atoms. The van der Waals surface area contributed by atoms with E-state index >= 15 is 0 Å². The molecule has 0 heterocycles. The fraction of sp³-hybridized carbons (Fsp3) is 0.780. The maximum absolute atomic E-state index is 12.7. The van der Waals surface area contributed by atoms with E-state index < -0.39 is 13.9 Å². The Morgan fingerprint density at radius 1 is 0.542 bits per heavy atom. The fourth-order valence-corrected chi connectivity index (χ4v) is 7.13. The Balaban J connectivity index is 4.08. The second-order valence-corrected chi connectivity index (χ2v) is 18.5. The number of hydrogen-bond acceptors (Lipinski definition) is 7. The van der Waals surface area contributed by atoms with Crippen LogP contribution in [0.15, 0.2) is 60.8 Å². The minimum absolute atomic E-state index is 0.0243. The number of carbonyl (C=O) groups is 1. The molecular formula is C50H92NO7P. The molecule has 0 aliphatic carbocycles. The Morgan fingerprint density at radius 2 is 0.983 bits per heavy atom. The maximum atomic E-state index is 12.7. The summed E-state index contributed by atoms with van der Waals surface area (Å²) in [5.41, 5.74) is 0. The van der Waals surface area contributed by atoms with Gasteiger partial charge in [-0.15, -0.1) is 0 Å². The smallest absolute Gasteiger partial charge is 0.306 e. The van der Waals surface area contributed by atoms with Crippen LogP contribution in [-0.4, -0.2) is 70.7 Å². The van der Waals surface area contributed by atoms with E-state index in [9.17, 15) is 14.3 Å². The lowest BCUT2D eigenvalue weighted by molar-refractivity contribution is -0.870. The summed E-state index contributed by atoms with van der Waals surface area (Å²) in [6.45, 7) is 5.28. The van der Waals surface area contributed by atoms with Crippen LogP contribution in [0.5, 0.6) is 0 Å². The molecule has 0 rings (SSSR count). The summed E-state index contributed by atoms with van der Waals surface area (Å²) >= 11 is 0. The maximum Gasteiger partial charge on any atom is 0.306 e. The average molecular weight is 850 g/mol. The van der Waals surface area contributed by atoms with Gasteiger partial charge in [-0.1, -0.05) is 190 Å². The molecule has 0 aromatic carbocycles. The van der Waals surface area contributed by atoms with E-state index in [-0.39, 0.29) is 25.8 Å². The van der Waals surface area contributed by atoms with Gasteiger partial charge in [0.2, 0.25) is 0 Å². The molecule has 2 unspecified atom stereocenters. The summed E-state index contributed by atoms with van der Waals surface area (Å²) in [6.07, 6.45) is 53.9. The van der Waals surface area contributed by atoms with Crippen LogP contribution in [0.2, 0.25) is 0 Å². The largest absolute Gasteiger partial charge is 0.756 e. The number of carbonyl (C=O) groups excluding carboxylic acids is 1. The fourth-order valence-electron chi connectivity index (χ4n) is 6.40. The van der Waals surface area contributed by atoms with Crippen molar-refractivity contribution in [2.75, 3.05) is 54.1 Å². The quantitative estimate of drug-likeness (QED) is 0.0198. The van der Waals surface area contributed by atoms with Crippen molar-refractivity contribution in [3.05, 3.63) is 60.8 Å². The van der Waals surface area contributed by atoms with Crippen LogP contribution in [-0.2, 0) is 27.9 Å². The summed E-state index contributed by atoms with van der Waals surface area (Å²) in [5, 5.41) is 0. The van der Waals surface area contributed by atoms with Crippen LogP contribution in [0.1, 0.15) is 194 Å². The van der Waals surface area contributed by atoms with Crippen LogP contribution in [0.3, 0.4) is 0 Å². The number of ether oxygens (including phenoxy) is 2. The molecule has 0 saturated heterocycles. The Hall–Kier alpha value is -1.80. The lowest BCUT2D eigenvalue weighted by Crippen LogP contribution is -2.37. The lowest BCUT2D eigenvalue weighted by Gasteiger charge is -2.28. The Bertz CT molecular complexity index is 1130. The molecule has 0 aliphatic rings. The Kier molecular flexibility index (Phi) is 41.6. The van der Waals surface area contributed by atoms with Gasteiger partial charge in [0.05, 0.1) is 34.4 Å². The van der Waals surface area contributed by atoms with Gasteiger partial charge in [0, 0.05) is 13.0 Å². The first-order valence-corrected chi connectivity index (χ1v) is 25.5. The number of rotatable bonds is 44. The van der Waals surface area contributed by atoms with E-state index in [4.69, 9.17) is 18.5 Å². The summed E-state index contributed by atoms with van der Waals surface area (Å²) in [4.78, 5) is 25.0. The highest BCUT2D eigenvalue weighted by molar-refractivity contribution is 7.45. The first-order valence-electron chi connectivity index (χ1n) is 24.0. The van der Waals surface area contributed by atoms with Crippen molar-refractivity contribution in [3.8, 4) is 0 Å². The molecule has 2 atom stereocenters. The number of allylic oxidation sites excluding steroid dienone is 10. The third-order valence-corrected chi connectivity index (χ3v) is 11.0. The van der Waals surface area contributed by atoms with Gasteiger partial charge in [-0.25, -0.2) is 0 Å². The van der Waals surface area contributed by atoms with Crippen LogP contribution >= 0.6 is 7.82 Å². The number of nitrogens with zero attached hydrogens (tertiary/aromatic N) is 1. The number of quaternary nitrogens is 1. The molecule has 9 heteroatoms. The second-order valence-electron chi connectivity index (χ2n) is 17.1. The van der Waals surface area contributed by atoms with Crippen molar-refractivity contribution in [2.45, 2.75) is 200 Å². The number of phosphoric acid groups is 1. The van der Waals surface area contributed by atoms with Crippen molar-refractivity contribution >= 4 is 13.8 Å². The van der Waals surface area contributed by atoms with Crippen LogP contribution < -0.4 is 4.89 Å². The molecule has 0 N–H and O–H groups in total. The molecule has 0 radical (unpaired) electrons. The Labute approximate surface area is 364 Å². The topological polar surface area (TPSA) is 94.1 Å². The zero-order valence-electron chi connectivity index (χ0n) is 38.9. The third-order valence-electron chi connectivity index (χ3n) is 10.1. The Morgan fingerprint density at radius 3 is 1.47 bits per heavy atom. The van der Waals surface area contributed by atoms with Crippen molar-refractivity contribution in [1.29, 1.82) is 0 Å². The monoisotopic (exact) mass is 850 g/mol. The van der Waals surface area contributed by atoms with Gasteiger partial charge in [-0.3, -0.25) is 9.36 Å². The lowest BCUT2D eigenvalue weighted by atomic mass is 10.1. The highest BCUT2D eigenvalue weighted by Gasteiger charge is 2.20. The van der Waals surface area contributed by atoms with Crippen molar-refractivity contribution in [2.24, 2.45) is 0 Å². The zero-order valence-corrected chi connectivity index (χ0v) is 39.8. The molecule has 0 fully saturated rings. The molecular weight excluding hydrogens is 758 g/mol. The predicted molar refractivity (Wildman–Crippen MR) is 249 cm³/mol. The molecule has 0 aromatic rings. The summed E-state index contributed by atoms with van der Waals surface area (Å²) in [7, 11) is 1.35. The number of hydrogen-bond donors (Lipinski definition) is 0. The number of phosphoric ester groups is 1. The number of unbranched alkanes of at least 4 members (excludes halogenated alkanes) is 20. The van der Waals surface area contributed by atoms with Gasteiger partial charge in [-0.2, -0.15) is 0 Å². The molecule has 0 aromatic heterocycles. The van der Waals surface area contributed by atoms with Crippen molar-refractivity contribution < 1.29 is 37.3 Å². The van der Waals surface area contributed by atoms with Gasteiger partial charge >= 0.3 is 5.97 Å². The van der Waals surface area contributed by atoms with Crippen LogP contribution in [0, 0.1) is 0 Å². The molecule has 59 heavy (non-hydrogen) atoms. The molecule has 0 bridgehead atoms. The zero-order chi connectivity index (χ0) is 43.4. The standard InChI is InChI=1S/C50H92NO7P/c1-6-8-10-12-14-16-18-19-20-21-22-23-24-25-26-27-28-29-30-31-32-34-36-38-40-42-45-55-47-49(48-57-59(53,54)56-46-44-51(3,4)5)58-50(52)43-41-39-37-35-33-17-15-13-11-9-7-2/h8,10,14,16,19-20,22-23,25-26,49H,6-7,9,11-13,15,17-18,21,24,27-48H2,1-5H3/b10-8-,16-14-,20-19-,23-22-,26-25-. The second kappa shape index (κ2) is 42.9. The first-order chi connectivity index (χ1) is 28.6. The van der Waals surface area contributed by atoms with E-state index in [2.05, 4.69) is 74.6 Å². The predicted octanol–water partition coefficient (Wildman–Crippen LogP) is 13.9. The van der Waals surface area contributed by atoms with Gasteiger partial charge in [0.25, 0.3) is 7.82 Å². The SMILES string of the molecule is CC/C=C\C/C=C\C/C=C\C/C=C\C/C=C\CCCCCCCCCCCCOCC(COP(=O)([O-])OCC[N+](C)(C)C)OC(=O)CCCCCCCCCCCCC.